The van der Waals surface area contributed by atoms with Gasteiger partial charge in [-0.3, -0.25) is 4.79 Å². The Morgan fingerprint density at radius 2 is 2.06 bits per heavy atom. The summed E-state index contributed by atoms with van der Waals surface area (Å²) in [4.78, 5) is 11.3. The second-order valence-corrected chi connectivity index (χ2v) is 4.96. The van der Waals surface area contributed by atoms with Crippen LogP contribution in [-0.2, 0) is 9.53 Å². The van der Waals surface area contributed by atoms with Crippen molar-refractivity contribution in [1.82, 2.24) is 5.32 Å². The lowest BCUT2D eigenvalue weighted by atomic mass is 9.85. The van der Waals surface area contributed by atoms with Gasteiger partial charge in [-0.15, -0.1) is 0 Å². The molecule has 2 N–H and O–H groups in total. The topological polar surface area (TPSA) is 58.6 Å². The largest absolute Gasteiger partial charge is 0.465 e. The Morgan fingerprint density at radius 1 is 1.35 bits per heavy atom. The highest BCUT2D eigenvalue weighted by atomic mass is 16.5. The number of aliphatic hydroxyl groups is 1. The molecular weight excluding hydrogens is 218 g/mol. The van der Waals surface area contributed by atoms with Crippen molar-refractivity contribution in [2.24, 2.45) is 0 Å². The highest BCUT2D eigenvalue weighted by Crippen LogP contribution is 2.27. The molecule has 0 aromatic carbocycles. The summed E-state index contributed by atoms with van der Waals surface area (Å²) in [5.41, 5.74) is -0.609. The molecule has 0 atom stereocenters. The van der Waals surface area contributed by atoms with Crippen molar-refractivity contribution < 1.29 is 14.6 Å². The summed E-state index contributed by atoms with van der Waals surface area (Å²) in [5.74, 6) is -0.224. The van der Waals surface area contributed by atoms with E-state index in [9.17, 15) is 9.90 Å². The molecule has 1 rings (SSSR count). The van der Waals surface area contributed by atoms with Crippen molar-refractivity contribution in [3.05, 3.63) is 0 Å². The first kappa shape index (κ1) is 14.5. The molecule has 0 aliphatic heterocycles. The minimum Gasteiger partial charge on any atom is -0.465 e. The van der Waals surface area contributed by atoms with Gasteiger partial charge in [-0.1, -0.05) is 32.6 Å². The number of hydrogen-bond donors (Lipinski definition) is 2. The van der Waals surface area contributed by atoms with E-state index in [-0.39, 0.29) is 12.5 Å². The van der Waals surface area contributed by atoms with Gasteiger partial charge in [0.15, 0.2) is 0 Å². The van der Waals surface area contributed by atoms with Crippen molar-refractivity contribution in [1.29, 1.82) is 0 Å². The first-order valence-corrected chi connectivity index (χ1v) is 6.75. The molecule has 0 radical (unpaired) electrons. The van der Waals surface area contributed by atoms with E-state index < -0.39 is 5.60 Å². The molecule has 1 fully saturated rings. The molecule has 0 bridgehead atoms. The minimum atomic E-state index is -0.609. The molecule has 0 saturated heterocycles. The molecule has 0 amide bonds. The van der Waals surface area contributed by atoms with E-state index in [0.717, 1.165) is 38.5 Å². The van der Waals surface area contributed by atoms with Gasteiger partial charge in [-0.2, -0.15) is 0 Å². The highest BCUT2D eigenvalue weighted by Gasteiger charge is 2.28. The molecule has 0 heterocycles. The Bertz CT molecular complexity index is 225. The maximum absolute atomic E-state index is 11.3. The van der Waals surface area contributed by atoms with Gasteiger partial charge in [0, 0.05) is 6.54 Å². The van der Waals surface area contributed by atoms with Crippen LogP contribution < -0.4 is 5.32 Å². The van der Waals surface area contributed by atoms with E-state index in [2.05, 4.69) is 12.2 Å². The molecule has 4 nitrogen and oxygen atoms in total. The summed E-state index contributed by atoms with van der Waals surface area (Å²) in [6.45, 7) is 3.26. The molecule has 17 heavy (non-hydrogen) atoms. The van der Waals surface area contributed by atoms with E-state index in [1.807, 2.05) is 0 Å². The van der Waals surface area contributed by atoms with Crippen molar-refractivity contribution in [3.63, 3.8) is 0 Å². The number of hydrogen-bond acceptors (Lipinski definition) is 4. The van der Waals surface area contributed by atoms with Crippen LogP contribution in [0.1, 0.15) is 51.9 Å². The van der Waals surface area contributed by atoms with Crippen molar-refractivity contribution >= 4 is 5.97 Å². The van der Waals surface area contributed by atoms with Gasteiger partial charge in [0.1, 0.15) is 0 Å². The van der Waals surface area contributed by atoms with Gasteiger partial charge in [-0.25, -0.2) is 0 Å². The van der Waals surface area contributed by atoms with Crippen LogP contribution >= 0.6 is 0 Å². The number of nitrogens with one attached hydrogen (secondary N) is 1. The fraction of sp³-hybridized carbons (Fsp3) is 0.923. The number of esters is 1. The number of rotatable bonds is 7. The lowest BCUT2D eigenvalue weighted by Gasteiger charge is -2.32. The third-order valence-corrected chi connectivity index (χ3v) is 3.27. The Balaban J connectivity index is 2.07. The fourth-order valence-corrected chi connectivity index (χ4v) is 2.17. The SMILES string of the molecule is CCCCOC(=O)CNCC1(O)CCCCC1. The number of carbonyl (C=O) groups excluding carboxylic acids is 1. The standard InChI is InChI=1S/C13H25NO3/c1-2-3-9-17-12(15)10-14-11-13(16)7-5-4-6-8-13/h14,16H,2-11H2,1H3. The van der Waals surface area contributed by atoms with E-state index in [1.165, 1.54) is 6.42 Å². The fourth-order valence-electron chi connectivity index (χ4n) is 2.17. The molecule has 0 aromatic rings. The van der Waals surface area contributed by atoms with Gasteiger partial charge in [0.05, 0.1) is 18.8 Å². The lowest BCUT2D eigenvalue weighted by molar-refractivity contribution is -0.142. The van der Waals surface area contributed by atoms with Crippen LogP contribution in [0, 0.1) is 0 Å². The third kappa shape index (κ3) is 6.03. The van der Waals surface area contributed by atoms with Gasteiger partial charge < -0.3 is 15.2 Å². The molecule has 1 aliphatic carbocycles. The zero-order valence-electron chi connectivity index (χ0n) is 10.8. The normalized spacial score (nSPS) is 18.9. The summed E-state index contributed by atoms with van der Waals surface area (Å²) in [6.07, 6.45) is 6.99. The molecular formula is C13H25NO3. The molecule has 0 spiro atoms. The predicted octanol–water partition coefficient (Wildman–Crippen LogP) is 1.61. The molecule has 0 aromatic heterocycles. The third-order valence-electron chi connectivity index (χ3n) is 3.27. The molecule has 4 heteroatoms. The average Bonchev–Trinajstić information content (AvgIpc) is 2.30. The van der Waals surface area contributed by atoms with Gasteiger partial charge >= 0.3 is 5.97 Å². The monoisotopic (exact) mass is 243 g/mol. The molecule has 1 saturated carbocycles. The van der Waals surface area contributed by atoms with Crippen molar-refractivity contribution in [2.45, 2.75) is 57.5 Å². The maximum Gasteiger partial charge on any atom is 0.319 e. The second kappa shape index (κ2) is 7.67. The van der Waals surface area contributed by atoms with Gasteiger partial charge in [-0.05, 0) is 19.3 Å². The van der Waals surface area contributed by atoms with E-state index >= 15 is 0 Å². The Kier molecular flexibility index (Phi) is 6.52. The van der Waals surface area contributed by atoms with Crippen LogP contribution in [0.4, 0.5) is 0 Å². The summed E-state index contributed by atoms with van der Waals surface area (Å²) in [6, 6.07) is 0. The summed E-state index contributed by atoms with van der Waals surface area (Å²) in [7, 11) is 0. The number of ether oxygens (including phenoxy) is 1. The molecule has 0 unspecified atom stereocenters. The zero-order valence-corrected chi connectivity index (χ0v) is 10.8. The van der Waals surface area contributed by atoms with Crippen molar-refractivity contribution in [2.75, 3.05) is 19.7 Å². The van der Waals surface area contributed by atoms with E-state index in [0.29, 0.717) is 13.2 Å². The number of carbonyl (C=O) groups is 1. The zero-order chi connectivity index (χ0) is 12.6. The highest BCUT2D eigenvalue weighted by molar-refractivity contribution is 5.71. The summed E-state index contributed by atoms with van der Waals surface area (Å²) >= 11 is 0. The first-order valence-electron chi connectivity index (χ1n) is 6.75. The van der Waals surface area contributed by atoms with Crippen molar-refractivity contribution in [3.8, 4) is 0 Å². The van der Waals surface area contributed by atoms with Crippen LogP contribution in [0.15, 0.2) is 0 Å². The second-order valence-electron chi connectivity index (χ2n) is 4.96. The first-order chi connectivity index (χ1) is 8.16. The van der Waals surface area contributed by atoms with Crippen LogP contribution in [0.5, 0.6) is 0 Å². The van der Waals surface area contributed by atoms with E-state index in [4.69, 9.17) is 4.74 Å². The Labute approximate surface area is 104 Å². The lowest BCUT2D eigenvalue weighted by Crippen LogP contribution is -2.43. The van der Waals surface area contributed by atoms with Gasteiger partial charge in [0.25, 0.3) is 0 Å². The van der Waals surface area contributed by atoms with Crippen LogP contribution in [0.3, 0.4) is 0 Å². The summed E-state index contributed by atoms with van der Waals surface area (Å²) in [5, 5.41) is 13.2. The predicted molar refractivity (Wildman–Crippen MR) is 66.8 cm³/mol. The Morgan fingerprint density at radius 3 is 2.71 bits per heavy atom. The Hall–Kier alpha value is -0.610. The van der Waals surface area contributed by atoms with Crippen LogP contribution in [0.25, 0.3) is 0 Å². The quantitative estimate of drug-likeness (QED) is 0.527. The van der Waals surface area contributed by atoms with Gasteiger partial charge in [0.2, 0.25) is 0 Å². The average molecular weight is 243 g/mol. The smallest absolute Gasteiger partial charge is 0.319 e. The molecule has 100 valence electrons. The maximum atomic E-state index is 11.3. The summed E-state index contributed by atoms with van der Waals surface area (Å²) < 4.78 is 5.02. The van der Waals surface area contributed by atoms with Crippen LogP contribution in [0.2, 0.25) is 0 Å². The van der Waals surface area contributed by atoms with Crippen LogP contribution in [-0.4, -0.2) is 36.4 Å². The minimum absolute atomic E-state index is 0.200. The molecule has 1 aliphatic rings. The van der Waals surface area contributed by atoms with E-state index in [1.54, 1.807) is 0 Å². The number of unbranched alkanes of at least 4 members (excludes halogenated alkanes) is 1.